The zero-order valence-electron chi connectivity index (χ0n) is 22.0. The van der Waals surface area contributed by atoms with Crippen LogP contribution in [-0.4, -0.2) is 42.0 Å². The largest absolute Gasteiger partial charge is 0.507 e. The zero-order chi connectivity index (χ0) is 27.1. The molecule has 38 heavy (non-hydrogen) atoms. The van der Waals surface area contributed by atoms with Gasteiger partial charge in [0.25, 0.3) is 11.7 Å². The second-order valence-corrected chi connectivity index (χ2v) is 8.98. The Morgan fingerprint density at radius 1 is 0.921 bits per heavy atom. The Hall–Kier alpha value is -4.26. The number of methoxy groups -OCH3 is 1. The molecule has 1 fully saturated rings. The molecule has 0 aliphatic carbocycles. The smallest absolute Gasteiger partial charge is 0.295 e. The highest BCUT2D eigenvalue weighted by Crippen LogP contribution is 2.42. The number of aliphatic hydroxyl groups excluding tert-OH is 1. The number of unbranched alkanes of at least 4 members (excludes halogenated alkanes) is 1. The second-order valence-electron chi connectivity index (χ2n) is 8.98. The first-order chi connectivity index (χ1) is 18.5. The molecule has 1 atom stereocenters. The Bertz CT molecular complexity index is 1300. The van der Waals surface area contributed by atoms with E-state index >= 15 is 0 Å². The minimum Gasteiger partial charge on any atom is -0.507 e. The van der Waals surface area contributed by atoms with Crippen molar-refractivity contribution in [1.82, 2.24) is 4.90 Å². The molecule has 7 heteroatoms. The Morgan fingerprint density at radius 2 is 1.66 bits per heavy atom. The quantitative estimate of drug-likeness (QED) is 0.148. The number of ketones is 1. The first-order valence-corrected chi connectivity index (χ1v) is 12.8. The van der Waals surface area contributed by atoms with Crippen LogP contribution in [0.3, 0.4) is 0 Å². The van der Waals surface area contributed by atoms with Crippen LogP contribution >= 0.6 is 0 Å². The SMILES string of the molecule is CCCCOc1ccc(C2C(=C(O)c3ccc(OCC)cc3)C(=O)C(=O)N2Cc2ccccc2)cc1OC. The molecule has 198 valence electrons. The van der Waals surface area contributed by atoms with Crippen molar-refractivity contribution in [3.63, 3.8) is 0 Å². The van der Waals surface area contributed by atoms with Crippen molar-refractivity contribution >= 4 is 17.4 Å². The van der Waals surface area contributed by atoms with Crippen LogP contribution in [0.4, 0.5) is 0 Å². The number of hydrogen-bond acceptors (Lipinski definition) is 6. The van der Waals surface area contributed by atoms with Gasteiger partial charge in [0, 0.05) is 12.1 Å². The lowest BCUT2D eigenvalue weighted by molar-refractivity contribution is -0.140. The summed E-state index contributed by atoms with van der Waals surface area (Å²) in [7, 11) is 1.55. The van der Waals surface area contributed by atoms with Crippen LogP contribution in [0.15, 0.2) is 78.4 Å². The molecule has 1 saturated heterocycles. The molecular formula is C31H33NO6. The van der Waals surface area contributed by atoms with Gasteiger partial charge in [-0.3, -0.25) is 9.59 Å². The van der Waals surface area contributed by atoms with Gasteiger partial charge in [0.2, 0.25) is 0 Å². The van der Waals surface area contributed by atoms with Crippen molar-refractivity contribution in [3.8, 4) is 17.2 Å². The first kappa shape index (κ1) is 26.8. The number of rotatable bonds is 11. The van der Waals surface area contributed by atoms with E-state index < -0.39 is 17.7 Å². The van der Waals surface area contributed by atoms with Crippen molar-refractivity contribution in [1.29, 1.82) is 0 Å². The molecule has 3 aromatic carbocycles. The van der Waals surface area contributed by atoms with Crippen LogP contribution in [0.2, 0.25) is 0 Å². The first-order valence-electron chi connectivity index (χ1n) is 12.8. The molecule has 1 heterocycles. The van der Waals surface area contributed by atoms with E-state index in [1.165, 1.54) is 4.90 Å². The van der Waals surface area contributed by atoms with Crippen LogP contribution in [0.1, 0.15) is 49.4 Å². The van der Waals surface area contributed by atoms with Crippen molar-refractivity contribution in [3.05, 3.63) is 95.1 Å². The van der Waals surface area contributed by atoms with E-state index in [4.69, 9.17) is 14.2 Å². The summed E-state index contributed by atoms with van der Waals surface area (Å²) in [5.74, 6) is 0.0667. The van der Waals surface area contributed by atoms with Crippen molar-refractivity contribution in [2.45, 2.75) is 39.3 Å². The number of nitrogens with zero attached hydrogens (tertiary/aromatic N) is 1. The minimum absolute atomic E-state index is 0.0248. The third-order valence-electron chi connectivity index (χ3n) is 6.43. The average Bonchev–Trinajstić information content (AvgIpc) is 3.19. The summed E-state index contributed by atoms with van der Waals surface area (Å²) >= 11 is 0. The van der Waals surface area contributed by atoms with Gasteiger partial charge in [-0.25, -0.2) is 0 Å². The van der Waals surface area contributed by atoms with E-state index in [2.05, 4.69) is 6.92 Å². The van der Waals surface area contributed by atoms with E-state index in [9.17, 15) is 14.7 Å². The molecule has 7 nitrogen and oxygen atoms in total. The van der Waals surface area contributed by atoms with Gasteiger partial charge >= 0.3 is 0 Å². The molecule has 0 aromatic heterocycles. The van der Waals surface area contributed by atoms with E-state index in [0.717, 1.165) is 18.4 Å². The van der Waals surface area contributed by atoms with Crippen LogP contribution in [0.5, 0.6) is 17.2 Å². The molecule has 1 aliphatic heterocycles. The molecule has 1 aliphatic rings. The Labute approximate surface area is 223 Å². The van der Waals surface area contributed by atoms with Gasteiger partial charge in [0.05, 0.1) is 31.9 Å². The van der Waals surface area contributed by atoms with Crippen LogP contribution in [0.25, 0.3) is 5.76 Å². The third-order valence-corrected chi connectivity index (χ3v) is 6.43. The molecule has 3 aromatic rings. The lowest BCUT2D eigenvalue weighted by Crippen LogP contribution is -2.29. The van der Waals surface area contributed by atoms with Crippen molar-refractivity contribution < 1.29 is 28.9 Å². The number of ether oxygens (including phenoxy) is 3. The van der Waals surface area contributed by atoms with E-state index in [1.807, 2.05) is 43.3 Å². The van der Waals surface area contributed by atoms with Gasteiger partial charge in [-0.15, -0.1) is 0 Å². The molecule has 4 rings (SSSR count). The number of likely N-dealkylation sites (tertiary alicyclic amines) is 1. The van der Waals surface area contributed by atoms with Crippen LogP contribution < -0.4 is 14.2 Å². The zero-order valence-corrected chi connectivity index (χ0v) is 22.0. The summed E-state index contributed by atoms with van der Waals surface area (Å²) in [4.78, 5) is 28.2. The van der Waals surface area contributed by atoms with Gasteiger partial charge in [0.1, 0.15) is 11.5 Å². The normalized spacial score (nSPS) is 16.5. The lowest BCUT2D eigenvalue weighted by Gasteiger charge is -2.26. The second kappa shape index (κ2) is 12.3. The number of Topliss-reactive ketones (excluding diaryl/α,β-unsaturated/α-hetero) is 1. The highest BCUT2D eigenvalue weighted by atomic mass is 16.5. The summed E-state index contributed by atoms with van der Waals surface area (Å²) in [5.41, 5.74) is 1.94. The molecule has 0 bridgehead atoms. The number of aliphatic hydroxyl groups is 1. The fraction of sp³-hybridized carbons (Fsp3) is 0.290. The number of hydrogen-bond donors (Lipinski definition) is 1. The summed E-state index contributed by atoms with van der Waals surface area (Å²) in [6, 6.07) is 20.8. The van der Waals surface area contributed by atoms with Gasteiger partial charge < -0.3 is 24.2 Å². The lowest BCUT2D eigenvalue weighted by atomic mass is 9.94. The summed E-state index contributed by atoms with van der Waals surface area (Å²) in [6.45, 7) is 5.24. The maximum Gasteiger partial charge on any atom is 0.295 e. The van der Waals surface area contributed by atoms with Gasteiger partial charge in [-0.05, 0) is 60.9 Å². The summed E-state index contributed by atoms with van der Waals surface area (Å²) in [5, 5.41) is 11.4. The van der Waals surface area contributed by atoms with Crippen molar-refractivity contribution in [2.75, 3.05) is 20.3 Å². The molecule has 0 saturated carbocycles. The number of benzene rings is 3. The van der Waals surface area contributed by atoms with Crippen molar-refractivity contribution in [2.24, 2.45) is 0 Å². The van der Waals surface area contributed by atoms with Gasteiger partial charge in [-0.1, -0.05) is 49.7 Å². The van der Waals surface area contributed by atoms with E-state index in [-0.39, 0.29) is 17.9 Å². The van der Waals surface area contributed by atoms with Crippen LogP contribution in [-0.2, 0) is 16.1 Å². The number of carbonyl (C=O) groups excluding carboxylic acids is 2. The van der Waals surface area contributed by atoms with Gasteiger partial charge in [-0.2, -0.15) is 0 Å². The molecule has 1 unspecified atom stereocenters. The highest BCUT2D eigenvalue weighted by Gasteiger charge is 2.46. The minimum atomic E-state index is -0.819. The summed E-state index contributed by atoms with van der Waals surface area (Å²) in [6.07, 6.45) is 1.91. The molecule has 0 radical (unpaired) electrons. The standard InChI is InChI=1S/C31H33NO6/c1-4-6-18-38-25-17-14-23(19-26(25)36-3)28-27(29(33)22-12-15-24(16-13-22)37-5-2)30(34)31(35)32(28)20-21-10-8-7-9-11-21/h7-17,19,28,33H,4-6,18,20H2,1-3H3. The monoisotopic (exact) mass is 515 g/mol. The topological polar surface area (TPSA) is 85.3 Å². The van der Waals surface area contributed by atoms with Crippen LogP contribution in [0, 0.1) is 0 Å². The maximum absolute atomic E-state index is 13.4. The number of carbonyl (C=O) groups is 2. The molecule has 1 N–H and O–H groups in total. The Kier molecular flexibility index (Phi) is 8.69. The van der Waals surface area contributed by atoms with Gasteiger partial charge in [0.15, 0.2) is 11.5 Å². The average molecular weight is 516 g/mol. The molecular weight excluding hydrogens is 482 g/mol. The predicted octanol–water partition coefficient (Wildman–Crippen LogP) is 5.89. The Balaban J connectivity index is 1.80. The van der Waals surface area contributed by atoms with E-state index in [0.29, 0.717) is 41.6 Å². The molecule has 0 spiro atoms. The number of amides is 1. The predicted molar refractivity (Wildman–Crippen MR) is 145 cm³/mol. The molecule has 1 amide bonds. The highest BCUT2D eigenvalue weighted by molar-refractivity contribution is 6.46. The Morgan fingerprint density at radius 3 is 2.32 bits per heavy atom. The third kappa shape index (κ3) is 5.67. The maximum atomic E-state index is 13.4. The fourth-order valence-electron chi connectivity index (χ4n) is 4.50. The van der Waals surface area contributed by atoms with E-state index in [1.54, 1.807) is 43.5 Å². The summed E-state index contributed by atoms with van der Waals surface area (Å²) < 4.78 is 17.0. The fourth-order valence-corrected chi connectivity index (χ4v) is 4.50.